The van der Waals surface area contributed by atoms with Crippen LogP contribution in [0, 0.1) is 16.0 Å². The van der Waals surface area contributed by atoms with Crippen LogP contribution in [0.15, 0.2) is 45.9 Å². The Morgan fingerprint density at radius 2 is 2.00 bits per heavy atom. The monoisotopic (exact) mass is 451 g/mol. The molecule has 1 aliphatic rings. The van der Waals surface area contributed by atoms with E-state index in [1.807, 2.05) is 0 Å². The summed E-state index contributed by atoms with van der Waals surface area (Å²) in [5, 5.41) is 14.3. The van der Waals surface area contributed by atoms with Crippen molar-refractivity contribution in [2.45, 2.75) is 43.5 Å². The summed E-state index contributed by atoms with van der Waals surface area (Å²) in [5.74, 6) is 0.206. The van der Waals surface area contributed by atoms with Gasteiger partial charge in [-0.05, 0) is 43.0 Å². The van der Waals surface area contributed by atoms with Gasteiger partial charge in [0.1, 0.15) is 18.0 Å². The Morgan fingerprint density at radius 3 is 2.68 bits per heavy atom. The van der Waals surface area contributed by atoms with Gasteiger partial charge in [-0.1, -0.05) is 19.3 Å². The van der Waals surface area contributed by atoms with Crippen LogP contribution in [0.25, 0.3) is 0 Å². The first-order valence-corrected chi connectivity index (χ1v) is 11.5. The summed E-state index contributed by atoms with van der Waals surface area (Å²) in [5.41, 5.74) is -0.262. The second-order valence-electron chi connectivity index (χ2n) is 7.38. The van der Waals surface area contributed by atoms with Gasteiger partial charge in [-0.2, -0.15) is 4.72 Å². The zero-order valence-corrected chi connectivity index (χ0v) is 17.7. The molecule has 1 aromatic heterocycles. The van der Waals surface area contributed by atoms with Gasteiger partial charge in [-0.25, -0.2) is 8.42 Å². The van der Waals surface area contributed by atoms with Crippen LogP contribution in [0.4, 0.5) is 11.4 Å². The summed E-state index contributed by atoms with van der Waals surface area (Å²) in [6.45, 7) is -0.0611. The zero-order valence-electron chi connectivity index (χ0n) is 16.9. The fourth-order valence-corrected chi connectivity index (χ4v) is 4.42. The SMILES string of the molecule is O=C(CNS(=O)(=O)c1ccc(NCc2ccco2)c([N+](=O)[O-])c1)OCC1CCCCC1. The van der Waals surface area contributed by atoms with E-state index < -0.39 is 33.1 Å². The number of nitro groups is 1. The Labute approximate surface area is 180 Å². The molecule has 1 fully saturated rings. The lowest BCUT2D eigenvalue weighted by Crippen LogP contribution is -2.31. The van der Waals surface area contributed by atoms with E-state index in [4.69, 9.17) is 9.15 Å². The number of benzene rings is 1. The molecule has 1 aromatic carbocycles. The summed E-state index contributed by atoms with van der Waals surface area (Å²) in [6, 6.07) is 6.87. The van der Waals surface area contributed by atoms with Gasteiger partial charge in [-0.3, -0.25) is 14.9 Å². The molecule has 11 heteroatoms. The fraction of sp³-hybridized carbons (Fsp3) is 0.450. The lowest BCUT2D eigenvalue weighted by molar-refractivity contribution is -0.384. The molecule has 1 aliphatic carbocycles. The summed E-state index contributed by atoms with van der Waals surface area (Å²) in [6.07, 6.45) is 6.90. The summed E-state index contributed by atoms with van der Waals surface area (Å²) in [4.78, 5) is 22.3. The average Bonchev–Trinajstić information content (AvgIpc) is 3.29. The number of esters is 1. The minimum absolute atomic E-state index is 0.146. The Balaban J connectivity index is 1.59. The van der Waals surface area contributed by atoms with Crippen LogP contribution in [0.5, 0.6) is 0 Å². The van der Waals surface area contributed by atoms with Crippen molar-refractivity contribution in [3.05, 3.63) is 52.5 Å². The zero-order chi connectivity index (χ0) is 22.3. The quantitative estimate of drug-likeness (QED) is 0.319. The molecule has 10 nitrogen and oxygen atoms in total. The van der Waals surface area contributed by atoms with Crippen LogP contribution in [0.3, 0.4) is 0 Å². The number of ether oxygens (including phenoxy) is 1. The van der Waals surface area contributed by atoms with Crippen molar-refractivity contribution >= 4 is 27.4 Å². The Kier molecular flexibility index (Phi) is 7.64. The Morgan fingerprint density at radius 1 is 1.23 bits per heavy atom. The van der Waals surface area contributed by atoms with Gasteiger partial charge in [0.15, 0.2) is 0 Å². The number of hydrogen-bond acceptors (Lipinski definition) is 8. The van der Waals surface area contributed by atoms with E-state index in [1.54, 1.807) is 12.1 Å². The highest BCUT2D eigenvalue weighted by Crippen LogP contribution is 2.28. The molecule has 0 radical (unpaired) electrons. The van der Waals surface area contributed by atoms with Crippen LogP contribution >= 0.6 is 0 Å². The topological polar surface area (TPSA) is 141 Å². The standard InChI is InChI=1S/C20H25N3O7S/c24-20(30-14-15-5-2-1-3-6-15)13-22-31(27,28)17-8-9-18(19(11-17)23(25)26)21-12-16-7-4-10-29-16/h4,7-11,15,21-22H,1-3,5-6,12-14H2. The van der Waals surface area contributed by atoms with Crippen LogP contribution in [-0.4, -0.2) is 32.5 Å². The number of carbonyl (C=O) groups is 1. The van der Waals surface area contributed by atoms with Gasteiger partial charge in [0, 0.05) is 6.07 Å². The Bertz CT molecular complexity index is 1000. The van der Waals surface area contributed by atoms with Crippen molar-refractivity contribution in [2.75, 3.05) is 18.5 Å². The molecule has 0 atom stereocenters. The molecule has 2 aromatic rings. The molecule has 1 heterocycles. The molecule has 3 rings (SSSR count). The predicted octanol–water partition coefficient (Wildman–Crippen LogP) is 3.20. The third-order valence-electron chi connectivity index (χ3n) is 5.12. The molecule has 0 aliphatic heterocycles. The van der Waals surface area contributed by atoms with Crippen molar-refractivity contribution in [3.63, 3.8) is 0 Å². The number of nitro benzene ring substituents is 1. The number of rotatable bonds is 10. The van der Waals surface area contributed by atoms with Crippen molar-refractivity contribution in [1.29, 1.82) is 0 Å². The van der Waals surface area contributed by atoms with E-state index in [2.05, 4.69) is 10.0 Å². The maximum Gasteiger partial charge on any atom is 0.321 e. The second-order valence-corrected chi connectivity index (χ2v) is 9.15. The fourth-order valence-electron chi connectivity index (χ4n) is 3.43. The van der Waals surface area contributed by atoms with Gasteiger partial charge in [0.25, 0.3) is 5.69 Å². The molecule has 0 unspecified atom stereocenters. The highest BCUT2D eigenvalue weighted by molar-refractivity contribution is 7.89. The molecule has 0 bridgehead atoms. The molecule has 1 saturated carbocycles. The number of nitrogens with zero attached hydrogens (tertiary/aromatic N) is 1. The maximum atomic E-state index is 12.5. The number of furan rings is 1. The summed E-state index contributed by atoms with van der Waals surface area (Å²) < 4.78 is 37.5. The number of nitrogens with one attached hydrogen (secondary N) is 2. The van der Waals surface area contributed by atoms with Crippen LogP contribution in [-0.2, 0) is 26.1 Å². The number of hydrogen-bond donors (Lipinski definition) is 2. The van der Waals surface area contributed by atoms with Crippen LogP contribution in [0.1, 0.15) is 37.9 Å². The van der Waals surface area contributed by atoms with Crippen molar-refractivity contribution in [3.8, 4) is 0 Å². The molecule has 168 valence electrons. The van der Waals surface area contributed by atoms with Crippen molar-refractivity contribution < 1.29 is 27.3 Å². The van der Waals surface area contributed by atoms with Crippen LogP contribution < -0.4 is 10.0 Å². The maximum absolute atomic E-state index is 12.5. The normalized spacial score (nSPS) is 14.8. The van der Waals surface area contributed by atoms with E-state index in [0.29, 0.717) is 11.7 Å². The van der Waals surface area contributed by atoms with Gasteiger partial charge in [0.2, 0.25) is 10.0 Å². The molecular weight excluding hydrogens is 426 g/mol. The predicted molar refractivity (Wildman–Crippen MR) is 112 cm³/mol. The van der Waals surface area contributed by atoms with Crippen molar-refractivity contribution in [2.24, 2.45) is 5.92 Å². The molecule has 0 spiro atoms. The molecule has 0 amide bonds. The van der Waals surface area contributed by atoms with E-state index in [0.717, 1.165) is 31.7 Å². The summed E-state index contributed by atoms with van der Waals surface area (Å²) >= 11 is 0. The first kappa shape index (κ1) is 22.8. The van der Waals surface area contributed by atoms with E-state index in [-0.39, 0.29) is 23.7 Å². The molecule has 0 saturated heterocycles. The lowest BCUT2D eigenvalue weighted by atomic mass is 9.90. The molecule has 2 N–H and O–H groups in total. The highest BCUT2D eigenvalue weighted by atomic mass is 32.2. The van der Waals surface area contributed by atoms with Gasteiger partial charge >= 0.3 is 5.97 Å². The number of sulfonamides is 1. The lowest BCUT2D eigenvalue weighted by Gasteiger charge is -2.21. The molecular formula is C20H25N3O7S. The second kappa shape index (κ2) is 10.4. The van der Waals surface area contributed by atoms with Crippen LogP contribution in [0.2, 0.25) is 0 Å². The van der Waals surface area contributed by atoms with Crippen molar-refractivity contribution in [1.82, 2.24) is 4.72 Å². The third-order valence-corrected chi connectivity index (χ3v) is 6.52. The van der Waals surface area contributed by atoms with Gasteiger partial charge < -0.3 is 14.5 Å². The number of carbonyl (C=O) groups excluding carboxylic acids is 1. The smallest absolute Gasteiger partial charge is 0.321 e. The molecule has 31 heavy (non-hydrogen) atoms. The largest absolute Gasteiger partial charge is 0.467 e. The van der Waals surface area contributed by atoms with Gasteiger partial charge in [-0.15, -0.1) is 0 Å². The third kappa shape index (κ3) is 6.53. The first-order valence-electron chi connectivity index (χ1n) is 10.0. The highest BCUT2D eigenvalue weighted by Gasteiger charge is 2.23. The van der Waals surface area contributed by atoms with E-state index in [9.17, 15) is 23.3 Å². The minimum Gasteiger partial charge on any atom is -0.467 e. The first-order chi connectivity index (χ1) is 14.8. The summed E-state index contributed by atoms with van der Waals surface area (Å²) in [7, 11) is -4.13. The Hall–Kier alpha value is -2.92. The van der Waals surface area contributed by atoms with E-state index >= 15 is 0 Å². The van der Waals surface area contributed by atoms with Gasteiger partial charge in [0.05, 0.1) is 29.2 Å². The number of anilines is 1. The minimum atomic E-state index is -4.13. The van der Waals surface area contributed by atoms with E-state index in [1.165, 1.54) is 24.8 Å². The average molecular weight is 452 g/mol.